The molecule has 1 aliphatic carbocycles. The molecule has 0 radical (unpaired) electrons. The van der Waals surface area contributed by atoms with Gasteiger partial charge in [-0.25, -0.2) is 0 Å². The summed E-state index contributed by atoms with van der Waals surface area (Å²) in [6.07, 6.45) is 11.3. The van der Waals surface area contributed by atoms with Crippen molar-refractivity contribution in [3.8, 4) is 11.1 Å². The van der Waals surface area contributed by atoms with Crippen molar-refractivity contribution in [1.29, 1.82) is 0 Å². The van der Waals surface area contributed by atoms with Gasteiger partial charge in [-0.1, -0.05) is 99.6 Å². The second-order valence-corrected chi connectivity index (χ2v) is 12.8. The molecule has 2 heteroatoms. The Labute approximate surface area is 237 Å². The Morgan fingerprint density at radius 1 is 0.700 bits per heavy atom. The van der Waals surface area contributed by atoms with Crippen LogP contribution in [0.5, 0.6) is 0 Å². The van der Waals surface area contributed by atoms with E-state index in [9.17, 15) is 0 Å². The lowest BCUT2D eigenvalue weighted by molar-refractivity contribution is 0.590. The minimum Gasteiger partial charge on any atom is -0.354 e. The lowest BCUT2D eigenvalue weighted by Crippen LogP contribution is -2.10. The molecule has 0 amide bonds. The van der Waals surface area contributed by atoms with Gasteiger partial charge in [-0.15, -0.1) is 11.3 Å². The number of hydrogen-bond donors (Lipinski definition) is 1. The first-order chi connectivity index (χ1) is 19.5. The summed E-state index contributed by atoms with van der Waals surface area (Å²) in [5, 5.41) is 7.87. The van der Waals surface area contributed by atoms with Crippen molar-refractivity contribution in [3.05, 3.63) is 126 Å². The van der Waals surface area contributed by atoms with Gasteiger partial charge in [0.2, 0.25) is 0 Å². The van der Waals surface area contributed by atoms with Gasteiger partial charge in [-0.3, -0.25) is 0 Å². The van der Waals surface area contributed by atoms with E-state index in [4.69, 9.17) is 0 Å². The van der Waals surface area contributed by atoms with Gasteiger partial charge in [0.25, 0.3) is 0 Å². The molecular weight excluding hydrogens is 502 g/mol. The second kappa shape index (κ2) is 8.50. The fourth-order valence-electron chi connectivity index (χ4n) is 6.25. The Morgan fingerprint density at radius 2 is 1.48 bits per heavy atom. The molecule has 2 aromatic heterocycles. The Kier molecular flexibility index (Phi) is 4.97. The number of aromatic amines is 1. The molecule has 0 aliphatic heterocycles. The van der Waals surface area contributed by atoms with Crippen molar-refractivity contribution >= 4 is 69.7 Å². The predicted octanol–water partition coefficient (Wildman–Crippen LogP) is 11.1. The summed E-state index contributed by atoms with van der Waals surface area (Å²) in [6.45, 7) is 6.81. The number of thiophene rings is 1. The molecule has 40 heavy (non-hydrogen) atoms. The maximum atomic E-state index is 3.84. The minimum atomic E-state index is 0.140. The van der Waals surface area contributed by atoms with Crippen molar-refractivity contribution in [2.24, 2.45) is 0 Å². The molecule has 1 nitrogen and oxygen atoms in total. The molecule has 0 saturated heterocycles. The first-order valence-corrected chi connectivity index (χ1v) is 14.7. The van der Waals surface area contributed by atoms with Crippen LogP contribution >= 0.6 is 11.3 Å². The summed E-state index contributed by atoms with van der Waals surface area (Å²) in [6, 6.07) is 31.7. The molecule has 0 fully saturated rings. The number of nitrogens with one attached hydrogen (secondary N) is 1. The summed E-state index contributed by atoms with van der Waals surface area (Å²) in [5.74, 6) is 0. The molecule has 190 valence electrons. The van der Waals surface area contributed by atoms with E-state index in [1.54, 1.807) is 0 Å². The van der Waals surface area contributed by atoms with E-state index < -0.39 is 0 Å². The Bertz CT molecular complexity index is 2220. The van der Waals surface area contributed by atoms with Gasteiger partial charge in [0.1, 0.15) is 12.2 Å². The quantitative estimate of drug-likeness (QED) is 0.214. The molecule has 0 unspecified atom stereocenters. The largest absolute Gasteiger partial charge is 0.354 e. The van der Waals surface area contributed by atoms with E-state index >= 15 is 0 Å². The smallest absolute Gasteiger partial charge is 0.103 e. The standard InChI is InChI=1S/C38H28NS/c1-38(2,3)26-19-16-24(17-20-26)27-14-9-15-31-34-33-30-21-18-25(23-10-5-4-6-11-23)22-32(30)39-35(33)28-12-7-8-13-29(28)37(34)40-36(27)31/h5-22,39H,1-3H3/q+1. The monoisotopic (exact) mass is 530 g/mol. The van der Waals surface area contributed by atoms with Gasteiger partial charge < -0.3 is 4.98 Å². The highest BCUT2D eigenvalue weighted by Crippen LogP contribution is 2.48. The number of aromatic nitrogens is 1. The third-order valence-corrected chi connectivity index (χ3v) is 9.59. The van der Waals surface area contributed by atoms with Crippen LogP contribution in [0, 0.1) is 6.08 Å². The van der Waals surface area contributed by atoms with Crippen molar-refractivity contribution in [2.75, 3.05) is 0 Å². The Balaban J connectivity index is 1.45. The van der Waals surface area contributed by atoms with Gasteiger partial charge in [0.05, 0.1) is 23.2 Å². The summed E-state index contributed by atoms with van der Waals surface area (Å²) in [5.41, 5.74) is 8.89. The summed E-state index contributed by atoms with van der Waals surface area (Å²) >= 11 is 1.93. The maximum Gasteiger partial charge on any atom is 0.103 e. The van der Waals surface area contributed by atoms with Crippen LogP contribution in [0.2, 0.25) is 0 Å². The zero-order chi connectivity index (χ0) is 27.0. The van der Waals surface area contributed by atoms with Crippen LogP contribution in [0.15, 0.2) is 109 Å². The number of allylic oxidation sites excluding steroid dienone is 6. The number of fused-ring (bicyclic) bond motifs is 10. The van der Waals surface area contributed by atoms with Crippen LogP contribution in [-0.4, -0.2) is 4.98 Å². The predicted molar refractivity (Wildman–Crippen MR) is 175 cm³/mol. The Morgan fingerprint density at radius 3 is 2.25 bits per heavy atom. The highest BCUT2D eigenvalue weighted by Gasteiger charge is 2.20. The molecule has 1 N–H and O–H groups in total. The molecule has 0 saturated carbocycles. The van der Waals surface area contributed by atoms with E-state index in [2.05, 4.69) is 129 Å². The van der Waals surface area contributed by atoms with Crippen LogP contribution in [0.25, 0.3) is 69.5 Å². The topological polar surface area (TPSA) is 15.8 Å². The van der Waals surface area contributed by atoms with E-state index in [0.717, 1.165) is 0 Å². The average Bonchev–Trinajstić information content (AvgIpc) is 3.56. The second-order valence-electron chi connectivity index (χ2n) is 11.8. The summed E-state index contributed by atoms with van der Waals surface area (Å²) < 4.78 is 2.71. The van der Waals surface area contributed by atoms with Crippen LogP contribution in [0.4, 0.5) is 0 Å². The average molecular weight is 531 g/mol. The lowest BCUT2D eigenvalue weighted by atomic mass is 9.86. The first kappa shape index (κ1) is 23.4. The van der Waals surface area contributed by atoms with Crippen molar-refractivity contribution in [1.82, 2.24) is 4.98 Å². The van der Waals surface area contributed by atoms with Gasteiger partial charge in [-0.05, 0) is 28.2 Å². The Hall–Kier alpha value is -4.49. The molecule has 0 spiro atoms. The molecule has 0 bridgehead atoms. The molecule has 5 aromatic carbocycles. The molecular formula is C38H28NS+. The number of hydrogen-bond acceptors (Lipinski definition) is 1. The molecule has 1 aliphatic rings. The van der Waals surface area contributed by atoms with Crippen LogP contribution in [0.1, 0.15) is 31.9 Å². The maximum absolute atomic E-state index is 3.84. The van der Waals surface area contributed by atoms with E-state index in [1.807, 2.05) is 23.5 Å². The highest BCUT2D eigenvalue weighted by molar-refractivity contribution is 7.27. The zero-order valence-electron chi connectivity index (χ0n) is 22.8. The van der Waals surface area contributed by atoms with Gasteiger partial charge in [0.15, 0.2) is 0 Å². The van der Waals surface area contributed by atoms with E-state index in [0.29, 0.717) is 0 Å². The van der Waals surface area contributed by atoms with Crippen molar-refractivity contribution in [2.45, 2.75) is 26.2 Å². The lowest BCUT2D eigenvalue weighted by Gasteiger charge is -2.19. The summed E-state index contributed by atoms with van der Waals surface area (Å²) in [7, 11) is 0. The molecule has 7 aromatic rings. The fraction of sp³-hybridized carbons (Fsp3) is 0.105. The normalized spacial score (nSPS) is 13.6. The minimum absolute atomic E-state index is 0.140. The third-order valence-electron chi connectivity index (χ3n) is 8.32. The number of rotatable bonds is 2. The SMILES string of the molecule is CC(C)(C)c1ccc(-c2cccc3c2sc2c4ccccc4c4[nH]c5cc(C6=CC=[C+]C=C6)ccc5c4c32)cc1. The van der Waals surface area contributed by atoms with Gasteiger partial charge in [-0.2, -0.15) is 0 Å². The van der Waals surface area contributed by atoms with Gasteiger partial charge in [0, 0.05) is 58.9 Å². The zero-order valence-corrected chi connectivity index (χ0v) is 23.6. The summed E-state index contributed by atoms with van der Waals surface area (Å²) in [4.78, 5) is 3.84. The number of H-pyrrole nitrogens is 1. The van der Waals surface area contributed by atoms with Crippen LogP contribution in [0.3, 0.4) is 0 Å². The molecule has 8 rings (SSSR count). The highest BCUT2D eigenvalue weighted by atomic mass is 32.1. The number of benzene rings is 5. The third kappa shape index (κ3) is 3.44. The molecule has 0 atom stereocenters. The fourth-order valence-corrected chi connectivity index (χ4v) is 7.63. The van der Waals surface area contributed by atoms with E-state index in [-0.39, 0.29) is 5.41 Å². The molecule has 2 heterocycles. The van der Waals surface area contributed by atoms with Crippen molar-refractivity contribution < 1.29 is 0 Å². The van der Waals surface area contributed by atoms with Crippen molar-refractivity contribution in [3.63, 3.8) is 0 Å². The van der Waals surface area contributed by atoms with Gasteiger partial charge >= 0.3 is 0 Å². The van der Waals surface area contributed by atoms with E-state index in [1.165, 1.54) is 80.6 Å². The van der Waals surface area contributed by atoms with Crippen LogP contribution < -0.4 is 0 Å². The first-order valence-electron chi connectivity index (χ1n) is 13.9. The van der Waals surface area contributed by atoms with Crippen LogP contribution in [-0.2, 0) is 5.41 Å².